The molecule has 4 heterocycles. The number of nitrogens with zero attached hydrogens (tertiary/aromatic N) is 5. The number of aromatic nitrogens is 2. The largest absolute Gasteiger partial charge is 0.384 e. The maximum Gasteiger partial charge on any atom is 0.384 e. The third-order valence-corrected chi connectivity index (χ3v) is 6.53. The first-order valence-electron chi connectivity index (χ1n) is 9.87. The van der Waals surface area contributed by atoms with Crippen LogP contribution in [0.15, 0.2) is 0 Å². The fourth-order valence-corrected chi connectivity index (χ4v) is 5.04. The van der Waals surface area contributed by atoms with Crippen LogP contribution in [0.1, 0.15) is 57.8 Å². The summed E-state index contributed by atoms with van der Waals surface area (Å²) in [6.45, 7) is 6.87. The summed E-state index contributed by atoms with van der Waals surface area (Å²) in [4.78, 5) is 16.1. The average Bonchev–Trinajstić information content (AvgIpc) is 2.70. The first-order valence-corrected chi connectivity index (χ1v) is 10.7. The van der Waals surface area contributed by atoms with Gasteiger partial charge in [-0.1, -0.05) is 0 Å². The van der Waals surface area contributed by atoms with E-state index < -0.39 is 0 Å². The molecule has 1 aromatic heterocycles. The van der Waals surface area contributed by atoms with Gasteiger partial charge in [0.05, 0.1) is 13.1 Å². The lowest BCUT2D eigenvalue weighted by Gasteiger charge is -2.28. The monoisotopic (exact) mass is 348 g/mol. The number of anilines is 2. The summed E-state index contributed by atoms with van der Waals surface area (Å²) in [5, 5.41) is 1.20. The highest BCUT2D eigenvalue weighted by Gasteiger charge is 2.24. The third-order valence-electron chi connectivity index (χ3n) is 5.47. The van der Waals surface area contributed by atoms with Crippen LogP contribution in [0.25, 0.3) is 0 Å². The molecule has 4 rings (SSSR count). The molecule has 5 nitrogen and oxygen atoms in total. The summed E-state index contributed by atoms with van der Waals surface area (Å²) in [5.74, 6) is 0.981. The molecule has 0 N–H and O–H groups in total. The number of hydrogen-bond donors (Lipinski definition) is 0. The molecule has 6 heteroatoms. The lowest BCUT2D eigenvalue weighted by molar-refractivity contribution is 0.449. The van der Waals surface area contributed by atoms with Gasteiger partial charge in [-0.3, -0.25) is 0 Å². The Hall–Kier alpha value is -1.17. The molecule has 3 saturated heterocycles. The van der Waals surface area contributed by atoms with E-state index in [2.05, 4.69) is 14.4 Å². The molecular formula is C18H30N5S+. The van der Waals surface area contributed by atoms with E-state index in [9.17, 15) is 0 Å². The first kappa shape index (κ1) is 16.3. The van der Waals surface area contributed by atoms with E-state index in [4.69, 9.17) is 9.97 Å². The van der Waals surface area contributed by atoms with Gasteiger partial charge in [-0.05, 0) is 69.1 Å². The van der Waals surface area contributed by atoms with E-state index in [0.717, 1.165) is 45.2 Å². The van der Waals surface area contributed by atoms with E-state index in [1.165, 1.54) is 67.7 Å². The smallest absolute Gasteiger partial charge is 0.348 e. The molecule has 3 aliphatic rings. The van der Waals surface area contributed by atoms with E-state index >= 15 is 0 Å². The Morgan fingerprint density at radius 3 is 1.92 bits per heavy atom. The second-order valence-electron chi connectivity index (χ2n) is 7.33. The third kappa shape index (κ3) is 3.73. The molecule has 0 atom stereocenters. The number of hydrogen-bond acceptors (Lipinski definition) is 5. The molecule has 0 saturated carbocycles. The van der Waals surface area contributed by atoms with Crippen LogP contribution in [0, 0.1) is 0 Å². The maximum atomic E-state index is 5.01. The summed E-state index contributed by atoms with van der Waals surface area (Å²) >= 11 is 1.82. The molecule has 0 amide bonds. The predicted molar refractivity (Wildman–Crippen MR) is 101 cm³/mol. The quantitative estimate of drug-likeness (QED) is 0.769. The zero-order chi connectivity index (χ0) is 16.2. The highest BCUT2D eigenvalue weighted by atomic mass is 32.1. The van der Waals surface area contributed by atoms with Crippen LogP contribution in [0.3, 0.4) is 0 Å². The second-order valence-corrected chi connectivity index (χ2v) is 8.27. The molecule has 0 aromatic carbocycles. The van der Waals surface area contributed by atoms with Crippen molar-refractivity contribution in [3.63, 3.8) is 0 Å². The van der Waals surface area contributed by atoms with Gasteiger partial charge in [-0.15, -0.1) is 0 Å². The Bertz CT molecular complexity index is 567. The zero-order valence-corrected chi connectivity index (χ0v) is 15.6. The Morgan fingerprint density at radius 2 is 1.25 bits per heavy atom. The van der Waals surface area contributed by atoms with Gasteiger partial charge in [0.25, 0.3) is 0 Å². The van der Waals surface area contributed by atoms with Gasteiger partial charge in [0.2, 0.25) is 0 Å². The molecule has 0 radical (unpaired) electrons. The van der Waals surface area contributed by atoms with Gasteiger partial charge < -0.3 is 9.80 Å². The van der Waals surface area contributed by atoms with Crippen molar-refractivity contribution in [1.82, 2.24) is 14.5 Å². The van der Waals surface area contributed by atoms with Gasteiger partial charge in [-0.25, -0.2) is 4.58 Å². The standard InChI is InChI=1S/C18H30N5S/c1-4-10-21(11-5-1)16-19-17(22-12-6-2-7-13-22)24-18(20-16)23-14-8-3-9-15-23/h1-15H2/q+1. The van der Waals surface area contributed by atoms with Gasteiger partial charge in [0.15, 0.2) is 5.13 Å². The first-order chi connectivity index (χ1) is 11.9. The van der Waals surface area contributed by atoms with Crippen molar-refractivity contribution >= 4 is 22.4 Å². The molecule has 24 heavy (non-hydrogen) atoms. The summed E-state index contributed by atoms with van der Waals surface area (Å²) in [6, 6.07) is 0. The zero-order valence-electron chi connectivity index (χ0n) is 14.8. The van der Waals surface area contributed by atoms with E-state index in [0.29, 0.717) is 0 Å². The highest BCUT2D eigenvalue weighted by Crippen LogP contribution is 2.23. The summed E-state index contributed by atoms with van der Waals surface area (Å²) in [6.07, 6.45) is 11.8. The minimum atomic E-state index is 0.981. The number of rotatable bonds is 2. The summed E-state index contributed by atoms with van der Waals surface area (Å²) in [5.41, 5.74) is 0. The van der Waals surface area contributed by atoms with Crippen LogP contribution < -0.4 is 19.2 Å². The van der Waals surface area contributed by atoms with Gasteiger partial charge in [0.1, 0.15) is 0 Å². The van der Waals surface area contributed by atoms with Crippen LogP contribution in [-0.4, -0.2) is 49.2 Å². The van der Waals surface area contributed by atoms with Gasteiger partial charge in [0, 0.05) is 31.2 Å². The minimum Gasteiger partial charge on any atom is -0.348 e. The molecule has 0 aliphatic carbocycles. The minimum absolute atomic E-state index is 0.981. The molecule has 0 bridgehead atoms. The molecule has 3 aliphatic heterocycles. The Morgan fingerprint density at radius 1 is 0.667 bits per heavy atom. The molecule has 0 spiro atoms. The highest BCUT2D eigenvalue weighted by molar-refractivity contribution is 7.12. The van der Waals surface area contributed by atoms with Crippen LogP contribution in [0.2, 0.25) is 0 Å². The molecular weight excluding hydrogens is 318 g/mol. The molecule has 132 valence electrons. The Balaban J connectivity index is 1.72. The molecule has 3 fully saturated rings. The van der Waals surface area contributed by atoms with Crippen LogP contribution in [-0.2, 0) is 0 Å². The Labute approximate surface area is 149 Å². The average molecular weight is 349 g/mol. The van der Waals surface area contributed by atoms with Crippen molar-refractivity contribution < 1.29 is 0 Å². The molecule has 1 aromatic rings. The normalized spacial score (nSPS) is 22.8. The second kappa shape index (κ2) is 7.81. The molecule has 0 unspecified atom stereocenters. The lowest BCUT2D eigenvalue weighted by Crippen LogP contribution is -2.39. The van der Waals surface area contributed by atoms with Crippen molar-refractivity contribution in [2.45, 2.75) is 57.8 Å². The summed E-state index contributed by atoms with van der Waals surface area (Å²) < 4.78 is 2.50. The topological polar surface area (TPSA) is 35.3 Å². The number of piperidine rings is 3. The van der Waals surface area contributed by atoms with Crippen molar-refractivity contribution in [3.05, 3.63) is 4.80 Å². The van der Waals surface area contributed by atoms with Crippen LogP contribution in [0.5, 0.6) is 0 Å². The van der Waals surface area contributed by atoms with E-state index in [1.807, 2.05) is 11.3 Å². The van der Waals surface area contributed by atoms with E-state index in [-0.39, 0.29) is 0 Å². The lowest BCUT2D eigenvalue weighted by atomic mass is 10.1. The van der Waals surface area contributed by atoms with Gasteiger partial charge in [-0.2, -0.15) is 4.98 Å². The summed E-state index contributed by atoms with van der Waals surface area (Å²) in [7, 11) is 0. The predicted octanol–water partition coefficient (Wildman–Crippen LogP) is 2.47. The van der Waals surface area contributed by atoms with Crippen molar-refractivity contribution in [1.29, 1.82) is 0 Å². The SMILES string of the molecule is C1CCN(c2nc(N3CCCCC3)sc(=[N+]3CCCCC3)n2)CC1. The van der Waals surface area contributed by atoms with Crippen LogP contribution >= 0.6 is 11.3 Å². The Kier molecular flexibility index (Phi) is 5.30. The van der Waals surface area contributed by atoms with Crippen molar-refractivity contribution in [2.24, 2.45) is 0 Å². The van der Waals surface area contributed by atoms with E-state index in [1.54, 1.807) is 0 Å². The maximum absolute atomic E-state index is 5.01. The van der Waals surface area contributed by atoms with Crippen molar-refractivity contribution in [3.8, 4) is 0 Å². The van der Waals surface area contributed by atoms with Crippen LogP contribution in [0.4, 0.5) is 11.1 Å². The van der Waals surface area contributed by atoms with Crippen molar-refractivity contribution in [2.75, 3.05) is 49.1 Å². The van der Waals surface area contributed by atoms with Gasteiger partial charge >= 0.3 is 10.7 Å². The fourth-order valence-electron chi connectivity index (χ4n) is 4.00. The fraction of sp³-hybridized carbons (Fsp3) is 0.833.